The molecule has 0 bridgehead atoms. The van der Waals surface area contributed by atoms with Crippen LogP contribution in [0.1, 0.15) is 28.1 Å². The smallest absolute Gasteiger partial charge is 0.328 e. The van der Waals surface area contributed by atoms with E-state index in [1.54, 1.807) is 12.4 Å². The number of hydrogen-bond acceptors (Lipinski definition) is 2. The van der Waals surface area contributed by atoms with Crippen LogP contribution in [0.15, 0.2) is 103 Å². The van der Waals surface area contributed by atoms with Gasteiger partial charge in [0.2, 0.25) is 0 Å². The number of carboxylic acid groups (broad SMARTS) is 1. The second kappa shape index (κ2) is 8.21. The van der Waals surface area contributed by atoms with Crippen molar-refractivity contribution in [3.8, 4) is 0 Å². The van der Waals surface area contributed by atoms with Gasteiger partial charge in [0.25, 0.3) is 0 Å². The van der Waals surface area contributed by atoms with Crippen LogP contribution < -0.4 is 0 Å². The lowest BCUT2D eigenvalue weighted by atomic mass is 9.76. The normalized spacial score (nSPS) is 11.6. The molecule has 4 nitrogen and oxygen atoms in total. The van der Waals surface area contributed by atoms with Crippen molar-refractivity contribution in [1.29, 1.82) is 0 Å². The van der Waals surface area contributed by atoms with Gasteiger partial charge >= 0.3 is 5.97 Å². The van der Waals surface area contributed by atoms with E-state index in [-0.39, 0.29) is 0 Å². The number of aliphatic carboxylic acids is 1. The van der Waals surface area contributed by atoms with Gasteiger partial charge < -0.3 is 9.67 Å². The Kier molecular flexibility index (Phi) is 5.31. The molecule has 4 heteroatoms. The number of aryl methyl sites for hydroxylation is 1. The van der Waals surface area contributed by atoms with Crippen molar-refractivity contribution in [3.05, 3.63) is 131 Å². The van der Waals surface area contributed by atoms with Crippen LogP contribution >= 0.6 is 0 Å². The third-order valence-corrected chi connectivity index (χ3v) is 5.32. The van der Waals surface area contributed by atoms with Crippen LogP contribution in [0.5, 0.6) is 0 Å². The number of nitrogens with zero attached hydrogens (tertiary/aromatic N) is 2. The molecule has 0 aliphatic carbocycles. The van der Waals surface area contributed by atoms with E-state index >= 15 is 0 Å². The zero-order valence-corrected chi connectivity index (χ0v) is 16.6. The summed E-state index contributed by atoms with van der Waals surface area (Å²) in [5.41, 5.74) is 3.97. The monoisotopic (exact) mass is 394 g/mol. The van der Waals surface area contributed by atoms with Crippen LogP contribution in [-0.4, -0.2) is 20.6 Å². The van der Waals surface area contributed by atoms with Gasteiger partial charge in [-0.05, 0) is 29.7 Å². The molecule has 0 saturated heterocycles. The molecule has 0 unspecified atom stereocenters. The van der Waals surface area contributed by atoms with Gasteiger partial charge in [-0.2, -0.15) is 0 Å². The highest BCUT2D eigenvalue weighted by Crippen LogP contribution is 2.42. The molecule has 0 aliphatic rings. The van der Waals surface area contributed by atoms with Gasteiger partial charge in [0.15, 0.2) is 0 Å². The van der Waals surface area contributed by atoms with Crippen LogP contribution in [-0.2, 0) is 10.3 Å². The van der Waals surface area contributed by atoms with Crippen LogP contribution in [0.2, 0.25) is 0 Å². The van der Waals surface area contributed by atoms with E-state index in [4.69, 9.17) is 0 Å². The maximum Gasteiger partial charge on any atom is 0.328 e. The Morgan fingerprint density at radius 3 is 1.67 bits per heavy atom. The summed E-state index contributed by atoms with van der Waals surface area (Å²) in [4.78, 5) is 15.8. The molecule has 4 aromatic rings. The lowest BCUT2D eigenvalue weighted by Crippen LogP contribution is -2.38. The summed E-state index contributed by atoms with van der Waals surface area (Å²) in [5.74, 6) is -0.994. The van der Waals surface area contributed by atoms with Gasteiger partial charge in [-0.25, -0.2) is 9.78 Å². The second-order valence-corrected chi connectivity index (χ2v) is 7.07. The van der Waals surface area contributed by atoms with E-state index < -0.39 is 11.5 Å². The lowest BCUT2D eigenvalue weighted by Gasteiger charge is -2.38. The van der Waals surface area contributed by atoms with Gasteiger partial charge in [0, 0.05) is 6.08 Å². The quantitative estimate of drug-likeness (QED) is 0.364. The van der Waals surface area contributed by atoms with Crippen molar-refractivity contribution in [3.63, 3.8) is 0 Å². The Hall–Kier alpha value is -3.92. The van der Waals surface area contributed by atoms with Crippen molar-refractivity contribution in [2.24, 2.45) is 0 Å². The second-order valence-electron chi connectivity index (χ2n) is 7.07. The fourth-order valence-corrected chi connectivity index (χ4v) is 4.02. The number of hydrogen-bond donors (Lipinski definition) is 1. The number of benzene rings is 3. The van der Waals surface area contributed by atoms with E-state index in [2.05, 4.69) is 45.9 Å². The average molecular weight is 394 g/mol. The first-order valence-electron chi connectivity index (χ1n) is 9.76. The summed E-state index contributed by atoms with van der Waals surface area (Å²) in [5, 5.41) is 9.23. The average Bonchev–Trinajstić information content (AvgIpc) is 3.16. The minimum atomic E-state index is -0.994. The van der Waals surface area contributed by atoms with E-state index in [1.165, 1.54) is 0 Å². The predicted octanol–water partition coefficient (Wildman–Crippen LogP) is 5.13. The van der Waals surface area contributed by atoms with Crippen molar-refractivity contribution < 1.29 is 9.90 Å². The predicted molar refractivity (Wildman–Crippen MR) is 118 cm³/mol. The molecule has 1 N–H and O–H groups in total. The zero-order chi connectivity index (χ0) is 21.0. The molecule has 0 saturated carbocycles. The Bertz CT molecular complexity index is 1070. The lowest BCUT2D eigenvalue weighted by molar-refractivity contribution is -0.131. The molecular formula is C26H22N2O2. The molecule has 0 fully saturated rings. The van der Waals surface area contributed by atoms with Crippen LogP contribution in [0.25, 0.3) is 6.08 Å². The van der Waals surface area contributed by atoms with Crippen molar-refractivity contribution in [2.45, 2.75) is 12.5 Å². The number of aromatic nitrogens is 2. The number of carbonyl (C=O) groups is 1. The summed E-state index contributed by atoms with van der Waals surface area (Å²) in [6.07, 6.45) is 4.57. The molecule has 0 radical (unpaired) electrons. The van der Waals surface area contributed by atoms with Crippen molar-refractivity contribution in [1.82, 2.24) is 9.55 Å². The van der Waals surface area contributed by atoms with Gasteiger partial charge in [0.1, 0.15) is 5.54 Å². The maximum atomic E-state index is 11.3. The Balaban J connectivity index is 2.14. The number of imidazole rings is 1. The minimum Gasteiger partial charge on any atom is -0.478 e. The minimum absolute atomic E-state index is 0.719. The summed E-state index contributed by atoms with van der Waals surface area (Å²) >= 11 is 0. The molecule has 30 heavy (non-hydrogen) atoms. The zero-order valence-electron chi connectivity index (χ0n) is 16.6. The highest BCUT2D eigenvalue weighted by molar-refractivity contribution is 5.85. The fourth-order valence-electron chi connectivity index (χ4n) is 4.02. The third-order valence-electron chi connectivity index (χ3n) is 5.32. The molecule has 0 amide bonds. The molecule has 1 aromatic heterocycles. The highest BCUT2D eigenvalue weighted by atomic mass is 16.4. The summed E-state index contributed by atoms with van der Waals surface area (Å²) < 4.78 is 2.07. The van der Waals surface area contributed by atoms with Crippen molar-refractivity contribution in [2.75, 3.05) is 0 Å². The number of rotatable bonds is 6. The Morgan fingerprint density at radius 1 is 0.833 bits per heavy atom. The van der Waals surface area contributed by atoms with E-state index in [9.17, 15) is 9.90 Å². The van der Waals surface area contributed by atoms with E-state index in [0.29, 0.717) is 0 Å². The molecule has 0 atom stereocenters. The number of carboxylic acids is 1. The molecule has 4 rings (SSSR count). The van der Waals surface area contributed by atoms with E-state index in [1.807, 2.05) is 61.5 Å². The van der Waals surface area contributed by atoms with Crippen LogP contribution in [0, 0.1) is 6.92 Å². The summed E-state index contributed by atoms with van der Waals surface area (Å²) in [6, 6.07) is 30.7. The van der Waals surface area contributed by atoms with E-state index in [0.717, 1.165) is 34.2 Å². The van der Waals surface area contributed by atoms with Crippen molar-refractivity contribution >= 4 is 12.0 Å². The molecule has 148 valence electrons. The van der Waals surface area contributed by atoms with Gasteiger partial charge in [-0.3, -0.25) is 0 Å². The molecular weight excluding hydrogens is 372 g/mol. The van der Waals surface area contributed by atoms with Gasteiger partial charge in [-0.15, -0.1) is 0 Å². The third kappa shape index (κ3) is 3.33. The first-order chi connectivity index (χ1) is 14.6. The molecule has 3 aromatic carbocycles. The topological polar surface area (TPSA) is 55.1 Å². The molecule has 0 aliphatic heterocycles. The first-order valence-corrected chi connectivity index (χ1v) is 9.76. The maximum absolute atomic E-state index is 11.3. The molecule has 1 heterocycles. The first kappa shape index (κ1) is 19.4. The summed E-state index contributed by atoms with van der Waals surface area (Å²) in [7, 11) is 0. The van der Waals surface area contributed by atoms with Gasteiger partial charge in [-0.1, -0.05) is 91.0 Å². The molecule has 0 spiro atoms. The summed E-state index contributed by atoms with van der Waals surface area (Å²) in [6.45, 7) is 1.89. The largest absolute Gasteiger partial charge is 0.478 e. The van der Waals surface area contributed by atoms with Crippen LogP contribution in [0.4, 0.5) is 0 Å². The fraction of sp³-hybridized carbons (Fsp3) is 0.0769. The Morgan fingerprint density at radius 2 is 1.27 bits per heavy atom. The SMILES string of the molecule is Cc1ncn(C(c2ccccc2)(c2ccccc2)c2ccccc2)c1C=CC(=O)O. The van der Waals surface area contributed by atoms with Crippen LogP contribution in [0.3, 0.4) is 0 Å². The Labute approximate surface area is 175 Å². The van der Waals surface area contributed by atoms with Gasteiger partial charge in [0.05, 0.1) is 17.7 Å². The standard InChI is InChI=1S/C26H22N2O2/c1-20-24(17-18-25(29)30)28(19-27-20)26(21-11-5-2-6-12-21,22-13-7-3-8-14-22)23-15-9-4-10-16-23/h2-19H,1H3,(H,29,30). The highest BCUT2D eigenvalue weighted by Gasteiger charge is 2.39.